The van der Waals surface area contributed by atoms with Crippen molar-refractivity contribution in [2.75, 3.05) is 0 Å². The maximum absolute atomic E-state index is 5.83. The maximum Gasteiger partial charge on any atom is 0.225 e. The molecule has 0 unspecified atom stereocenters. The molecular formula is C9H5ClN4S. The fourth-order valence-electron chi connectivity index (χ4n) is 1.41. The third-order valence-electron chi connectivity index (χ3n) is 2.04. The van der Waals surface area contributed by atoms with Crippen molar-refractivity contribution >= 4 is 34.0 Å². The normalized spacial score (nSPS) is 11.0. The monoisotopic (exact) mass is 236 g/mol. The summed E-state index contributed by atoms with van der Waals surface area (Å²) < 4.78 is 0. The Morgan fingerprint density at radius 1 is 1.33 bits per heavy atom. The molecule has 0 saturated heterocycles. The molecule has 0 aliphatic rings. The zero-order chi connectivity index (χ0) is 10.3. The Morgan fingerprint density at radius 2 is 2.27 bits per heavy atom. The summed E-state index contributed by atoms with van der Waals surface area (Å²) in [5.41, 5.74) is 1.49. The molecule has 1 N–H and O–H groups in total. The van der Waals surface area contributed by atoms with Crippen molar-refractivity contribution in [2.45, 2.75) is 0 Å². The first-order valence-corrected chi connectivity index (χ1v) is 5.51. The summed E-state index contributed by atoms with van der Waals surface area (Å²) in [7, 11) is 0. The van der Waals surface area contributed by atoms with Crippen LogP contribution >= 0.6 is 22.9 Å². The van der Waals surface area contributed by atoms with Crippen molar-refractivity contribution in [3.05, 3.63) is 29.0 Å². The molecule has 0 aliphatic heterocycles. The molecule has 3 aromatic heterocycles. The van der Waals surface area contributed by atoms with Crippen LogP contribution in [0.1, 0.15) is 0 Å². The van der Waals surface area contributed by atoms with Gasteiger partial charge in [-0.15, -0.1) is 11.3 Å². The van der Waals surface area contributed by atoms with Gasteiger partial charge in [0.05, 0.1) is 22.2 Å². The van der Waals surface area contributed by atoms with Crippen molar-refractivity contribution < 1.29 is 0 Å². The van der Waals surface area contributed by atoms with E-state index in [1.54, 1.807) is 17.5 Å². The van der Waals surface area contributed by atoms with E-state index >= 15 is 0 Å². The average Bonchev–Trinajstić information content (AvgIpc) is 2.86. The number of hydrogen-bond donors (Lipinski definition) is 1. The van der Waals surface area contributed by atoms with Crippen LogP contribution in [-0.2, 0) is 0 Å². The molecule has 6 heteroatoms. The summed E-state index contributed by atoms with van der Waals surface area (Å²) in [6.07, 6.45) is 1.71. The molecule has 15 heavy (non-hydrogen) atoms. The molecule has 0 amide bonds. The predicted molar refractivity (Wildman–Crippen MR) is 60.0 cm³/mol. The number of nitrogens with zero attached hydrogens (tertiary/aromatic N) is 3. The van der Waals surface area contributed by atoms with Crippen LogP contribution in [-0.4, -0.2) is 20.2 Å². The second-order valence-electron chi connectivity index (χ2n) is 2.95. The van der Waals surface area contributed by atoms with Crippen LogP contribution in [0.5, 0.6) is 0 Å². The highest BCUT2D eigenvalue weighted by molar-refractivity contribution is 7.13. The van der Waals surface area contributed by atoms with Crippen molar-refractivity contribution in [1.82, 2.24) is 20.2 Å². The lowest BCUT2D eigenvalue weighted by Crippen LogP contribution is -1.87. The molecule has 4 nitrogen and oxygen atoms in total. The Hall–Kier alpha value is -1.46. The minimum Gasteiger partial charge on any atom is -0.261 e. The van der Waals surface area contributed by atoms with E-state index < -0.39 is 0 Å². The van der Waals surface area contributed by atoms with Gasteiger partial charge in [0.2, 0.25) is 5.28 Å². The molecule has 3 aromatic rings. The number of aromatic nitrogens is 4. The van der Waals surface area contributed by atoms with E-state index in [1.807, 2.05) is 17.5 Å². The molecule has 0 aromatic carbocycles. The van der Waals surface area contributed by atoms with Gasteiger partial charge in [0, 0.05) is 0 Å². The zero-order valence-electron chi connectivity index (χ0n) is 7.44. The van der Waals surface area contributed by atoms with Gasteiger partial charge in [0.25, 0.3) is 0 Å². The minimum absolute atomic E-state index is 0.232. The Balaban J connectivity index is 2.38. The van der Waals surface area contributed by atoms with Gasteiger partial charge >= 0.3 is 0 Å². The maximum atomic E-state index is 5.83. The van der Waals surface area contributed by atoms with Gasteiger partial charge in [-0.25, -0.2) is 4.98 Å². The highest BCUT2D eigenvalue weighted by atomic mass is 35.5. The number of H-pyrrole nitrogens is 1. The van der Waals surface area contributed by atoms with Gasteiger partial charge in [-0.3, -0.25) is 5.10 Å². The highest BCUT2D eigenvalue weighted by Crippen LogP contribution is 2.29. The lowest BCUT2D eigenvalue weighted by molar-refractivity contribution is 1.09. The van der Waals surface area contributed by atoms with Crippen LogP contribution in [0.25, 0.3) is 21.6 Å². The largest absolute Gasteiger partial charge is 0.261 e. The van der Waals surface area contributed by atoms with Crippen LogP contribution in [0.4, 0.5) is 0 Å². The minimum atomic E-state index is 0.232. The van der Waals surface area contributed by atoms with Gasteiger partial charge in [-0.1, -0.05) is 6.07 Å². The summed E-state index contributed by atoms with van der Waals surface area (Å²) in [5, 5.41) is 9.83. The molecule has 3 heterocycles. The van der Waals surface area contributed by atoms with Crippen molar-refractivity contribution in [1.29, 1.82) is 0 Å². The predicted octanol–water partition coefficient (Wildman–Crippen LogP) is 2.73. The standard InChI is InChI=1S/C9H5ClN4S/c10-9-12-7(6-2-1-3-15-6)5-4-11-14-8(5)13-9/h1-4H,(H,11,12,13,14). The topological polar surface area (TPSA) is 54.5 Å². The van der Waals surface area contributed by atoms with Gasteiger partial charge in [-0.05, 0) is 23.0 Å². The Kier molecular flexibility index (Phi) is 1.93. The third kappa shape index (κ3) is 1.40. The second-order valence-corrected chi connectivity index (χ2v) is 4.24. The van der Waals surface area contributed by atoms with Crippen molar-refractivity contribution in [3.63, 3.8) is 0 Å². The first kappa shape index (κ1) is 8.82. The molecule has 0 fully saturated rings. The lowest BCUT2D eigenvalue weighted by atomic mass is 10.2. The van der Waals surface area contributed by atoms with Crippen LogP contribution in [0.2, 0.25) is 5.28 Å². The van der Waals surface area contributed by atoms with Crippen molar-refractivity contribution in [2.24, 2.45) is 0 Å². The van der Waals surface area contributed by atoms with E-state index in [2.05, 4.69) is 20.2 Å². The number of rotatable bonds is 1. The Labute approximate surface area is 94.0 Å². The summed E-state index contributed by atoms with van der Waals surface area (Å²) in [6, 6.07) is 3.97. The second kappa shape index (κ2) is 3.29. The summed E-state index contributed by atoms with van der Waals surface area (Å²) in [5.74, 6) is 0. The van der Waals surface area contributed by atoms with Crippen LogP contribution in [0.3, 0.4) is 0 Å². The average molecular weight is 237 g/mol. The van der Waals surface area contributed by atoms with Gasteiger partial charge in [-0.2, -0.15) is 10.1 Å². The van der Waals surface area contributed by atoms with E-state index in [0.717, 1.165) is 16.0 Å². The quantitative estimate of drug-likeness (QED) is 0.661. The fraction of sp³-hybridized carbons (Fsp3) is 0. The number of thiophene rings is 1. The smallest absolute Gasteiger partial charge is 0.225 e. The molecule has 0 atom stereocenters. The van der Waals surface area contributed by atoms with Crippen LogP contribution in [0, 0.1) is 0 Å². The highest BCUT2D eigenvalue weighted by Gasteiger charge is 2.10. The van der Waals surface area contributed by atoms with E-state index in [1.165, 1.54) is 0 Å². The molecule has 0 spiro atoms. The number of aromatic amines is 1. The van der Waals surface area contributed by atoms with E-state index in [-0.39, 0.29) is 5.28 Å². The fourth-order valence-corrected chi connectivity index (χ4v) is 2.31. The lowest BCUT2D eigenvalue weighted by Gasteiger charge is -1.98. The van der Waals surface area contributed by atoms with E-state index in [0.29, 0.717) is 5.65 Å². The zero-order valence-corrected chi connectivity index (χ0v) is 9.01. The first-order chi connectivity index (χ1) is 7.34. The van der Waals surface area contributed by atoms with E-state index in [9.17, 15) is 0 Å². The Morgan fingerprint density at radius 3 is 3.07 bits per heavy atom. The first-order valence-electron chi connectivity index (χ1n) is 4.25. The van der Waals surface area contributed by atoms with E-state index in [4.69, 9.17) is 11.6 Å². The molecule has 74 valence electrons. The molecule has 0 bridgehead atoms. The van der Waals surface area contributed by atoms with Gasteiger partial charge in [0.15, 0.2) is 5.65 Å². The van der Waals surface area contributed by atoms with Crippen molar-refractivity contribution in [3.8, 4) is 10.6 Å². The molecular weight excluding hydrogens is 232 g/mol. The number of nitrogens with one attached hydrogen (secondary N) is 1. The van der Waals surface area contributed by atoms with Gasteiger partial charge < -0.3 is 0 Å². The summed E-state index contributed by atoms with van der Waals surface area (Å²) in [4.78, 5) is 9.33. The van der Waals surface area contributed by atoms with Crippen LogP contribution < -0.4 is 0 Å². The number of hydrogen-bond acceptors (Lipinski definition) is 4. The number of halogens is 1. The molecule has 3 rings (SSSR count). The summed E-state index contributed by atoms with van der Waals surface area (Å²) in [6.45, 7) is 0. The molecule has 0 radical (unpaired) electrons. The van der Waals surface area contributed by atoms with Crippen LogP contribution in [0.15, 0.2) is 23.7 Å². The summed E-state index contributed by atoms with van der Waals surface area (Å²) >= 11 is 7.44. The molecule has 0 saturated carbocycles. The number of fused-ring (bicyclic) bond motifs is 1. The third-order valence-corrected chi connectivity index (χ3v) is 3.08. The van der Waals surface area contributed by atoms with Gasteiger partial charge in [0.1, 0.15) is 0 Å². The Bertz CT molecular complexity index is 602. The molecule has 0 aliphatic carbocycles. The SMILES string of the molecule is Clc1nc(-c2cccs2)c2cn[nH]c2n1.